The zero-order valence-electron chi connectivity index (χ0n) is 12.0. The van der Waals surface area contributed by atoms with Gasteiger partial charge in [-0.1, -0.05) is 11.3 Å². The Morgan fingerprint density at radius 2 is 2.32 bits per heavy atom. The maximum absolute atomic E-state index is 11.9. The average Bonchev–Trinajstić information content (AvgIpc) is 3.28. The fraction of sp³-hybridized carbons (Fsp3) is 0.429. The number of nitro groups is 1. The van der Waals surface area contributed by atoms with Crippen LogP contribution in [0.25, 0.3) is 10.2 Å². The van der Waals surface area contributed by atoms with Crippen LogP contribution in [0.5, 0.6) is 0 Å². The van der Waals surface area contributed by atoms with Crippen molar-refractivity contribution in [3.8, 4) is 0 Å². The smallest absolute Gasteiger partial charge is 0.270 e. The molecule has 7 nitrogen and oxygen atoms in total. The van der Waals surface area contributed by atoms with E-state index in [2.05, 4.69) is 4.99 Å². The summed E-state index contributed by atoms with van der Waals surface area (Å²) in [6, 6.07) is 4.68. The number of methoxy groups -OCH3 is 1. The van der Waals surface area contributed by atoms with Gasteiger partial charge in [-0.3, -0.25) is 14.9 Å². The van der Waals surface area contributed by atoms with Crippen molar-refractivity contribution in [1.29, 1.82) is 0 Å². The number of nitro benzene ring substituents is 1. The molecule has 0 atom stereocenters. The molecular weight excluding hydrogens is 306 g/mol. The predicted molar refractivity (Wildman–Crippen MR) is 81.6 cm³/mol. The van der Waals surface area contributed by atoms with Gasteiger partial charge >= 0.3 is 0 Å². The number of non-ortho nitro benzene ring substituents is 1. The van der Waals surface area contributed by atoms with E-state index in [9.17, 15) is 14.9 Å². The molecule has 1 aromatic heterocycles. The molecule has 1 amide bonds. The first-order valence-electron chi connectivity index (χ1n) is 6.95. The predicted octanol–water partition coefficient (Wildman–Crippen LogP) is 2.09. The van der Waals surface area contributed by atoms with Crippen molar-refractivity contribution in [3.05, 3.63) is 33.1 Å². The summed E-state index contributed by atoms with van der Waals surface area (Å²) in [7, 11) is 1.60. The molecule has 1 fully saturated rings. The molecular formula is C14H15N3O4S. The molecule has 1 aliphatic carbocycles. The average molecular weight is 321 g/mol. The maximum atomic E-state index is 11.9. The number of hydrogen-bond donors (Lipinski definition) is 0. The van der Waals surface area contributed by atoms with Crippen LogP contribution in [0.2, 0.25) is 0 Å². The first-order valence-corrected chi connectivity index (χ1v) is 7.77. The van der Waals surface area contributed by atoms with Crippen molar-refractivity contribution in [2.24, 2.45) is 10.9 Å². The number of aromatic nitrogens is 1. The molecule has 0 saturated heterocycles. The van der Waals surface area contributed by atoms with E-state index in [1.54, 1.807) is 13.2 Å². The van der Waals surface area contributed by atoms with Gasteiger partial charge in [0.2, 0.25) is 0 Å². The van der Waals surface area contributed by atoms with Gasteiger partial charge in [0.05, 0.1) is 21.7 Å². The van der Waals surface area contributed by atoms with Crippen LogP contribution in [0.3, 0.4) is 0 Å². The Kier molecular flexibility index (Phi) is 4.04. The summed E-state index contributed by atoms with van der Waals surface area (Å²) in [6.45, 7) is 1.03. The second-order valence-corrected chi connectivity index (χ2v) is 6.17. The Balaban J connectivity index is 2.11. The number of amides is 1. The van der Waals surface area contributed by atoms with Crippen molar-refractivity contribution in [1.82, 2.24) is 4.57 Å². The minimum absolute atomic E-state index is 0.0349. The van der Waals surface area contributed by atoms with Crippen LogP contribution in [0.4, 0.5) is 5.69 Å². The van der Waals surface area contributed by atoms with Gasteiger partial charge in [-0.2, -0.15) is 4.99 Å². The third-order valence-electron chi connectivity index (χ3n) is 3.53. The quantitative estimate of drug-likeness (QED) is 0.623. The second-order valence-electron chi connectivity index (χ2n) is 5.16. The van der Waals surface area contributed by atoms with Crippen molar-refractivity contribution in [2.45, 2.75) is 19.4 Å². The van der Waals surface area contributed by atoms with E-state index in [0.29, 0.717) is 18.0 Å². The first kappa shape index (κ1) is 14.9. The van der Waals surface area contributed by atoms with Crippen LogP contribution in [-0.2, 0) is 16.1 Å². The molecule has 1 saturated carbocycles. The fourth-order valence-electron chi connectivity index (χ4n) is 2.18. The highest BCUT2D eigenvalue weighted by Crippen LogP contribution is 2.30. The number of nitrogens with zero attached hydrogens (tertiary/aromatic N) is 3. The summed E-state index contributed by atoms with van der Waals surface area (Å²) in [5.74, 6) is -0.0531. The van der Waals surface area contributed by atoms with E-state index >= 15 is 0 Å². The number of carbonyl (C=O) groups excluding carboxylic acids is 1. The molecule has 0 aliphatic heterocycles. The summed E-state index contributed by atoms with van der Waals surface area (Å²) in [5.41, 5.74) is 0.864. The molecule has 8 heteroatoms. The molecule has 1 aromatic carbocycles. The minimum Gasteiger partial charge on any atom is -0.383 e. The fourth-order valence-corrected chi connectivity index (χ4v) is 3.27. The molecule has 22 heavy (non-hydrogen) atoms. The van der Waals surface area contributed by atoms with Crippen LogP contribution in [0.1, 0.15) is 12.8 Å². The van der Waals surface area contributed by atoms with E-state index in [4.69, 9.17) is 4.74 Å². The Hall–Kier alpha value is -2.06. The van der Waals surface area contributed by atoms with Gasteiger partial charge in [0.25, 0.3) is 11.6 Å². The van der Waals surface area contributed by atoms with E-state index in [0.717, 1.165) is 23.1 Å². The van der Waals surface area contributed by atoms with Crippen LogP contribution >= 0.6 is 11.3 Å². The molecule has 116 valence electrons. The maximum Gasteiger partial charge on any atom is 0.270 e. The highest BCUT2D eigenvalue weighted by molar-refractivity contribution is 7.16. The van der Waals surface area contributed by atoms with Gasteiger partial charge in [-0.25, -0.2) is 0 Å². The summed E-state index contributed by atoms with van der Waals surface area (Å²) >= 11 is 1.29. The largest absolute Gasteiger partial charge is 0.383 e. The molecule has 0 spiro atoms. The number of rotatable bonds is 5. The van der Waals surface area contributed by atoms with E-state index < -0.39 is 4.92 Å². The summed E-state index contributed by atoms with van der Waals surface area (Å²) in [4.78, 5) is 27.2. The lowest BCUT2D eigenvalue weighted by molar-refractivity contribution is -0.384. The third kappa shape index (κ3) is 2.93. The molecule has 1 aliphatic rings. The van der Waals surface area contributed by atoms with Crippen molar-refractivity contribution >= 4 is 33.1 Å². The SMILES string of the molecule is COCCn1c(=NC(=O)C2CC2)sc2cc([N+](=O)[O-])ccc21. The summed E-state index contributed by atoms with van der Waals surface area (Å²) in [6.07, 6.45) is 1.80. The number of fused-ring (bicyclic) bond motifs is 1. The van der Waals surface area contributed by atoms with Gasteiger partial charge < -0.3 is 9.30 Å². The zero-order chi connectivity index (χ0) is 15.7. The third-order valence-corrected chi connectivity index (χ3v) is 4.57. The normalized spacial score (nSPS) is 15.4. The van der Waals surface area contributed by atoms with Gasteiger partial charge in [0, 0.05) is 31.7 Å². The molecule has 0 radical (unpaired) electrons. The molecule has 3 rings (SSSR count). The highest BCUT2D eigenvalue weighted by atomic mass is 32.1. The van der Waals surface area contributed by atoms with E-state index in [-0.39, 0.29) is 17.5 Å². The monoisotopic (exact) mass is 321 g/mol. The Morgan fingerprint density at radius 1 is 1.55 bits per heavy atom. The Labute approximate surface area is 130 Å². The van der Waals surface area contributed by atoms with Crippen LogP contribution < -0.4 is 4.80 Å². The van der Waals surface area contributed by atoms with Gasteiger partial charge in [0.15, 0.2) is 4.80 Å². The van der Waals surface area contributed by atoms with Crippen molar-refractivity contribution < 1.29 is 14.5 Å². The van der Waals surface area contributed by atoms with E-state index in [1.165, 1.54) is 23.5 Å². The summed E-state index contributed by atoms with van der Waals surface area (Å²) < 4.78 is 7.72. The van der Waals surface area contributed by atoms with Gasteiger partial charge in [0.1, 0.15) is 0 Å². The number of thiazole rings is 1. The van der Waals surface area contributed by atoms with Crippen molar-refractivity contribution in [3.63, 3.8) is 0 Å². The number of ether oxygens (including phenoxy) is 1. The number of carbonyl (C=O) groups is 1. The molecule has 2 aromatic rings. The Bertz CT molecular complexity index is 804. The van der Waals surface area contributed by atoms with Crippen LogP contribution in [0.15, 0.2) is 23.2 Å². The standard InChI is InChI=1S/C14H15N3O4S/c1-21-7-6-16-11-5-4-10(17(19)20)8-12(11)22-14(16)15-13(18)9-2-3-9/h4-5,8-9H,2-3,6-7H2,1H3. The Morgan fingerprint density at radius 3 is 2.95 bits per heavy atom. The van der Waals surface area contributed by atoms with E-state index in [1.807, 2.05) is 4.57 Å². The lowest BCUT2D eigenvalue weighted by atomic mass is 10.3. The topological polar surface area (TPSA) is 86.7 Å². The second kappa shape index (κ2) is 5.98. The molecule has 0 unspecified atom stereocenters. The summed E-state index contributed by atoms with van der Waals surface area (Å²) in [5, 5.41) is 10.9. The zero-order valence-corrected chi connectivity index (χ0v) is 12.8. The van der Waals surface area contributed by atoms with Gasteiger partial charge in [-0.05, 0) is 18.9 Å². The van der Waals surface area contributed by atoms with Gasteiger partial charge in [-0.15, -0.1) is 0 Å². The number of benzene rings is 1. The molecule has 0 bridgehead atoms. The number of hydrogen-bond acceptors (Lipinski definition) is 5. The highest BCUT2D eigenvalue weighted by Gasteiger charge is 2.29. The molecule has 0 N–H and O–H groups in total. The van der Waals surface area contributed by atoms with Crippen LogP contribution in [0, 0.1) is 16.0 Å². The first-order chi connectivity index (χ1) is 10.6. The lowest BCUT2D eigenvalue weighted by Crippen LogP contribution is -2.19. The van der Waals surface area contributed by atoms with Crippen LogP contribution in [-0.4, -0.2) is 29.1 Å². The minimum atomic E-state index is -0.426. The van der Waals surface area contributed by atoms with Crippen molar-refractivity contribution in [2.75, 3.05) is 13.7 Å². The lowest BCUT2D eigenvalue weighted by Gasteiger charge is -2.03. The molecule has 1 heterocycles.